The fourth-order valence-electron chi connectivity index (χ4n) is 1.40. The molecule has 3 N–H and O–H groups in total. The van der Waals surface area contributed by atoms with Gasteiger partial charge in [-0.05, 0) is 39.5 Å². The van der Waals surface area contributed by atoms with Gasteiger partial charge >= 0.3 is 0 Å². The summed E-state index contributed by atoms with van der Waals surface area (Å²) >= 11 is 0. The van der Waals surface area contributed by atoms with Crippen LogP contribution in [0.2, 0.25) is 0 Å². The molecule has 0 bridgehead atoms. The van der Waals surface area contributed by atoms with Crippen LogP contribution < -0.4 is 11.1 Å². The van der Waals surface area contributed by atoms with Crippen molar-refractivity contribution in [1.29, 1.82) is 5.26 Å². The molecule has 1 fully saturated rings. The average Bonchev–Trinajstić information content (AvgIpc) is 2.97. The molecule has 0 radical (unpaired) electrons. The molecule has 4 nitrogen and oxygen atoms in total. The lowest BCUT2D eigenvalue weighted by Crippen LogP contribution is -2.54. The summed E-state index contributed by atoms with van der Waals surface area (Å²) in [6.45, 7) is 5.69. The Bertz CT molecular complexity index is 297. The largest absolute Gasteiger partial charge is 0.353 e. The third-order valence-corrected chi connectivity index (χ3v) is 2.91. The summed E-state index contributed by atoms with van der Waals surface area (Å²) in [7, 11) is 0. The second-order valence-corrected chi connectivity index (χ2v) is 5.24. The number of hydrogen-bond acceptors (Lipinski definition) is 3. The van der Waals surface area contributed by atoms with E-state index in [4.69, 9.17) is 11.0 Å². The van der Waals surface area contributed by atoms with Crippen LogP contribution in [-0.2, 0) is 4.79 Å². The Balaban J connectivity index is 2.46. The van der Waals surface area contributed by atoms with Gasteiger partial charge in [-0.25, -0.2) is 0 Å². The molecule has 1 unspecified atom stereocenters. The molecular formula is C11H19N3O. The number of nitrogens with zero attached hydrogens (tertiary/aromatic N) is 1. The van der Waals surface area contributed by atoms with Crippen LogP contribution in [0.5, 0.6) is 0 Å². The van der Waals surface area contributed by atoms with E-state index in [1.54, 1.807) is 20.8 Å². The van der Waals surface area contributed by atoms with Gasteiger partial charge in [0.2, 0.25) is 5.91 Å². The van der Waals surface area contributed by atoms with Gasteiger partial charge < -0.3 is 11.1 Å². The fourth-order valence-corrected chi connectivity index (χ4v) is 1.40. The van der Waals surface area contributed by atoms with Crippen LogP contribution in [-0.4, -0.2) is 18.0 Å². The van der Waals surface area contributed by atoms with E-state index in [1.807, 2.05) is 0 Å². The number of rotatable bonds is 4. The lowest BCUT2D eigenvalue weighted by Gasteiger charge is -2.25. The number of nitrogens with two attached hydrogens (primary N) is 1. The molecule has 1 aliphatic carbocycles. The first-order valence-corrected chi connectivity index (χ1v) is 5.28. The molecule has 1 aliphatic rings. The van der Waals surface area contributed by atoms with Crippen molar-refractivity contribution in [3.8, 4) is 6.07 Å². The van der Waals surface area contributed by atoms with Gasteiger partial charge in [0.05, 0.1) is 17.0 Å². The molecule has 0 aromatic rings. The van der Waals surface area contributed by atoms with E-state index in [0.29, 0.717) is 12.5 Å². The summed E-state index contributed by atoms with van der Waals surface area (Å²) in [5, 5.41) is 11.5. The molecule has 0 heterocycles. The van der Waals surface area contributed by atoms with Gasteiger partial charge in [-0.1, -0.05) is 0 Å². The van der Waals surface area contributed by atoms with Crippen LogP contribution in [0, 0.1) is 22.7 Å². The van der Waals surface area contributed by atoms with Crippen LogP contribution in [0.3, 0.4) is 0 Å². The SMILES string of the molecule is CC(C)(C#N)CNC(=O)C(C)(N)C1CC1. The molecule has 4 heteroatoms. The van der Waals surface area contributed by atoms with Gasteiger partial charge in [-0.3, -0.25) is 4.79 Å². The minimum atomic E-state index is -0.772. The maximum absolute atomic E-state index is 11.8. The zero-order valence-corrected chi connectivity index (χ0v) is 9.63. The normalized spacial score (nSPS) is 20.2. The Morgan fingerprint density at radius 1 is 1.53 bits per heavy atom. The van der Waals surface area contributed by atoms with Crippen molar-refractivity contribution in [2.24, 2.45) is 17.1 Å². The molecule has 0 aromatic heterocycles. The number of nitriles is 1. The molecule has 15 heavy (non-hydrogen) atoms. The highest BCUT2D eigenvalue weighted by Gasteiger charge is 2.44. The third-order valence-electron chi connectivity index (χ3n) is 2.91. The molecule has 0 saturated heterocycles. The van der Waals surface area contributed by atoms with Gasteiger partial charge in [0.15, 0.2) is 0 Å². The maximum Gasteiger partial charge on any atom is 0.240 e. The van der Waals surface area contributed by atoms with Gasteiger partial charge in [0, 0.05) is 6.54 Å². The Morgan fingerprint density at radius 2 is 2.07 bits per heavy atom. The monoisotopic (exact) mass is 209 g/mol. The molecule has 1 amide bonds. The maximum atomic E-state index is 11.8. The third kappa shape index (κ3) is 2.93. The highest BCUT2D eigenvalue weighted by atomic mass is 16.2. The van der Waals surface area contributed by atoms with E-state index in [2.05, 4.69) is 11.4 Å². The highest BCUT2D eigenvalue weighted by Crippen LogP contribution is 2.38. The van der Waals surface area contributed by atoms with Crippen LogP contribution >= 0.6 is 0 Å². The second kappa shape index (κ2) is 3.82. The number of amides is 1. The summed E-state index contributed by atoms with van der Waals surface area (Å²) in [6.07, 6.45) is 2.06. The Morgan fingerprint density at radius 3 is 2.47 bits per heavy atom. The Labute approximate surface area is 90.8 Å². The van der Waals surface area contributed by atoms with Gasteiger partial charge in [-0.15, -0.1) is 0 Å². The Kier molecular flexibility index (Phi) is 3.05. The molecule has 1 saturated carbocycles. The minimum Gasteiger partial charge on any atom is -0.353 e. The van der Waals surface area contributed by atoms with Crippen molar-refractivity contribution < 1.29 is 4.79 Å². The smallest absolute Gasteiger partial charge is 0.240 e. The first-order chi connectivity index (χ1) is 6.79. The first-order valence-electron chi connectivity index (χ1n) is 5.28. The summed E-state index contributed by atoms with van der Waals surface area (Å²) in [5.41, 5.74) is 4.64. The van der Waals surface area contributed by atoms with Crippen molar-refractivity contribution in [3.05, 3.63) is 0 Å². The standard InChI is InChI=1S/C11H19N3O/c1-10(2,6-12)7-14-9(15)11(3,13)8-4-5-8/h8H,4-5,7,13H2,1-3H3,(H,14,15). The van der Waals surface area contributed by atoms with E-state index in [9.17, 15) is 4.79 Å². The zero-order valence-electron chi connectivity index (χ0n) is 9.63. The number of nitrogens with one attached hydrogen (secondary N) is 1. The molecule has 1 atom stereocenters. The number of carbonyl (C=O) groups excluding carboxylic acids is 1. The number of hydrogen-bond donors (Lipinski definition) is 2. The topological polar surface area (TPSA) is 78.9 Å². The van der Waals surface area contributed by atoms with E-state index in [0.717, 1.165) is 12.8 Å². The van der Waals surface area contributed by atoms with Crippen LogP contribution in [0.15, 0.2) is 0 Å². The summed E-state index contributed by atoms with van der Waals surface area (Å²) in [4.78, 5) is 11.8. The van der Waals surface area contributed by atoms with Gasteiger partial charge in [0.1, 0.15) is 0 Å². The predicted octanol–water partition coefficient (Wildman–Crippen LogP) is 0.780. The zero-order chi connectivity index (χ0) is 11.7. The molecular weight excluding hydrogens is 190 g/mol. The molecule has 0 aliphatic heterocycles. The predicted molar refractivity (Wildman–Crippen MR) is 57.7 cm³/mol. The van der Waals surface area contributed by atoms with E-state index in [-0.39, 0.29) is 5.91 Å². The van der Waals surface area contributed by atoms with Crippen molar-refractivity contribution >= 4 is 5.91 Å². The van der Waals surface area contributed by atoms with E-state index in [1.165, 1.54) is 0 Å². The fraction of sp³-hybridized carbons (Fsp3) is 0.818. The quantitative estimate of drug-likeness (QED) is 0.718. The van der Waals surface area contributed by atoms with Crippen LogP contribution in [0.4, 0.5) is 0 Å². The van der Waals surface area contributed by atoms with Crippen molar-refractivity contribution in [2.45, 2.75) is 39.2 Å². The molecule has 0 aromatic carbocycles. The lowest BCUT2D eigenvalue weighted by molar-refractivity contribution is -0.126. The minimum absolute atomic E-state index is 0.145. The highest BCUT2D eigenvalue weighted by molar-refractivity contribution is 5.86. The van der Waals surface area contributed by atoms with E-state index < -0.39 is 11.0 Å². The first kappa shape index (κ1) is 12.0. The summed E-state index contributed by atoms with van der Waals surface area (Å²) in [6, 6.07) is 2.14. The number of carbonyl (C=O) groups is 1. The summed E-state index contributed by atoms with van der Waals surface area (Å²) < 4.78 is 0. The van der Waals surface area contributed by atoms with Crippen molar-refractivity contribution in [3.63, 3.8) is 0 Å². The van der Waals surface area contributed by atoms with E-state index >= 15 is 0 Å². The van der Waals surface area contributed by atoms with Crippen molar-refractivity contribution in [2.75, 3.05) is 6.54 Å². The average molecular weight is 209 g/mol. The van der Waals surface area contributed by atoms with Crippen molar-refractivity contribution in [1.82, 2.24) is 5.32 Å². The second-order valence-electron chi connectivity index (χ2n) is 5.24. The van der Waals surface area contributed by atoms with Gasteiger partial charge in [-0.2, -0.15) is 5.26 Å². The van der Waals surface area contributed by atoms with Crippen LogP contribution in [0.1, 0.15) is 33.6 Å². The summed E-state index contributed by atoms with van der Waals surface area (Å²) in [5.74, 6) is 0.163. The molecule has 0 spiro atoms. The molecule has 1 rings (SSSR count). The lowest BCUT2D eigenvalue weighted by atomic mass is 9.93. The Hall–Kier alpha value is -1.08. The molecule has 84 valence electrons. The van der Waals surface area contributed by atoms with Gasteiger partial charge in [0.25, 0.3) is 0 Å². The van der Waals surface area contributed by atoms with Crippen LogP contribution in [0.25, 0.3) is 0 Å².